The fourth-order valence-electron chi connectivity index (χ4n) is 3.74. The Morgan fingerprint density at radius 2 is 1.64 bits per heavy atom. The first-order valence-electron chi connectivity index (χ1n) is 11.2. The van der Waals surface area contributed by atoms with Gasteiger partial charge in [0.05, 0.1) is 44.9 Å². The molecule has 1 unspecified atom stereocenters. The predicted molar refractivity (Wildman–Crippen MR) is 118 cm³/mol. The smallest absolute Gasteiger partial charge is 0.475 e. The summed E-state index contributed by atoms with van der Waals surface area (Å²) in [5.41, 5.74) is -0.0756. The molecule has 4 rings (SSSR count). The quantitative estimate of drug-likeness (QED) is 0.511. The van der Waals surface area contributed by atoms with E-state index in [1.54, 1.807) is 6.26 Å². The Hall–Kier alpha value is -3.47. The molecule has 0 aromatic carbocycles. The van der Waals surface area contributed by atoms with Gasteiger partial charge in [0.2, 0.25) is 5.95 Å². The van der Waals surface area contributed by atoms with Gasteiger partial charge in [-0.3, -0.25) is 4.90 Å². The van der Waals surface area contributed by atoms with Gasteiger partial charge >= 0.3 is 24.3 Å². The first kappa shape index (κ1) is 31.7. The third-order valence-electron chi connectivity index (χ3n) is 5.54. The number of carboxylic acids is 2. The number of alkyl halides is 6. The summed E-state index contributed by atoms with van der Waals surface area (Å²) in [6.07, 6.45) is -3.84. The number of ether oxygens (including phenoxy) is 1. The van der Waals surface area contributed by atoms with Gasteiger partial charge in [-0.15, -0.1) is 0 Å². The Bertz CT molecular complexity index is 1020. The van der Waals surface area contributed by atoms with Crippen molar-refractivity contribution < 1.29 is 59.7 Å². The van der Waals surface area contributed by atoms with Gasteiger partial charge in [-0.05, 0) is 37.9 Å². The highest BCUT2D eigenvalue weighted by Gasteiger charge is 2.47. The number of rotatable bonds is 5. The molecule has 1 spiro atoms. The van der Waals surface area contributed by atoms with E-state index in [2.05, 4.69) is 21.9 Å². The van der Waals surface area contributed by atoms with Gasteiger partial charge in [0.15, 0.2) is 5.82 Å². The molecule has 0 radical (unpaired) electrons. The molecule has 2 aromatic heterocycles. The molecule has 0 aliphatic carbocycles. The van der Waals surface area contributed by atoms with Crippen LogP contribution in [0.1, 0.15) is 18.6 Å². The van der Waals surface area contributed by atoms with Crippen LogP contribution in [0.5, 0.6) is 0 Å². The highest BCUT2D eigenvalue weighted by molar-refractivity contribution is 5.73. The Morgan fingerprint density at radius 3 is 2.05 bits per heavy atom. The Labute approximate surface area is 217 Å². The topological polar surface area (TPSA) is 129 Å². The number of hydrogen-bond donors (Lipinski definition) is 2. The fourth-order valence-corrected chi connectivity index (χ4v) is 3.74. The Morgan fingerprint density at radius 1 is 1.10 bits per heavy atom. The summed E-state index contributed by atoms with van der Waals surface area (Å²) in [7, 11) is 2.11. The second-order valence-corrected chi connectivity index (χ2v) is 8.84. The fraction of sp³-hybridized carbons (Fsp3) is 0.545. The van der Waals surface area contributed by atoms with Crippen molar-refractivity contribution >= 4 is 17.9 Å². The van der Waals surface area contributed by atoms with Crippen LogP contribution in [0.3, 0.4) is 0 Å². The summed E-state index contributed by atoms with van der Waals surface area (Å²) < 4.78 is 88.0. The van der Waals surface area contributed by atoms with Crippen molar-refractivity contribution in [2.24, 2.45) is 5.92 Å². The van der Waals surface area contributed by atoms with Crippen molar-refractivity contribution in [3.05, 3.63) is 42.4 Å². The average molecular weight is 574 g/mol. The van der Waals surface area contributed by atoms with Gasteiger partial charge in [-0.1, -0.05) is 0 Å². The van der Waals surface area contributed by atoms with E-state index in [4.69, 9.17) is 29.0 Å². The number of carbonyl (C=O) groups is 2. The van der Waals surface area contributed by atoms with Crippen LogP contribution in [0.2, 0.25) is 0 Å². The van der Waals surface area contributed by atoms with Crippen LogP contribution in [0.4, 0.5) is 36.7 Å². The van der Waals surface area contributed by atoms with Crippen LogP contribution in [0.25, 0.3) is 0 Å². The predicted octanol–water partition coefficient (Wildman–Crippen LogP) is 3.59. The van der Waals surface area contributed by atoms with E-state index in [-0.39, 0.29) is 5.60 Å². The minimum absolute atomic E-state index is 0.0756. The highest BCUT2D eigenvalue weighted by atomic mass is 19.4. The molecule has 2 N–H and O–H groups in total. The number of aromatic nitrogens is 2. The monoisotopic (exact) mass is 574 g/mol. The normalized spacial score (nSPS) is 18.4. The maximum absolute atomic E-state index is 12.9. The van der Waals surface area contributed by atoms with E-state index < -0.39 is 30.1 Å². The number of hydrogen-bond acceptors (Lipinski definition) is 8. The molecule has 218 valence electrons. The molecule has 4 heterocycles. The lowest BCUT2D eigenvalue weighted by molar-refractivity contribution is -0.193. The SMILES string of the molecule is CN(Cc1ccco1)CC1CCC2(CN(c3ncc(F)cn3)C2)OC1.O=C(O)C(F)(F)F.O=C(O)C(F)(F)F. The number of halogens is 7. The summed E-state index contributed by atoms with van der Waals surface area (Å²) in [6.45, 7) is 4.17. The van der Waals surface area contributed by atoms with Crippen LogP contribution >= 0.6 is 0 Å². The summed E-state index contributed by atoms with van der Waals surface area (Å²) in [4.78, 5) is 30.2. The van der Waals surface area contributed by atoms with Crippen molar-refractivity contribution in [3.8, 4) is 0 Å². The Kier molecular flexibility index (Phi) is 10.6. The molecule has 2 aromatic rings. The summed E-state index contributed by atoms with van der Waals surface area (Å²) >= 11 is 0. The zero-order chi connectivity index (χ0) is 29.4. The van der Waals surface area contributed by atoms with Crippen LogP contribution < -0.4 is 4.90 Å². The maximum atomic E-state index is 12.9. The third-order valence-corrected chi connectivity index (χ3v) is 5.54. The molecule has 0 amide bonds. The first-order valence-corrected chi connectivity index (χ1v) is 11.2. The molecule has 1 atom stereocenters. The third kappa shape index (κ3) is 10.3. The number of furan rings is 1. The van der Waals surface area contributed by atoms with Crippen molar-refractivity contribution in [3.63, 3.8) is 0 Å². The molecule has 2 aliphatic rings. The van der Waals surface area contributed by atoms with E-state index >= 15 is 0 Å². The zero-order valence-electron chi connectivity index (χ0n) is 20.4. The number of anilines is 1. The van der Waals surface area contributed by atoms with E-state index in [0.717, 1.165) is 51.4 Å². The van der Waals surface area contributed by atoms with Gasteiger partial charge in [0.1, 0.15) is 11.4 Å². The lowest BCUT2D eigenvalue weighted by Gasteiger charge is -2.52. The van der Waals surface area contributed by atoms with Crippen molar-refractivity contribution in [1.82, 2.24) is 14.9 Å². The zero-order valence-corrected chi connectivity index (χ0v) is 20.4. The van der Waals surface area contributed by atoms with Crippen LogP contribution in [-0.2, 0) is 20.9 Å². The molecule has 2 fully saturated rings. The molecule has 10 nitrogen and oxygen atoms in total. The van der Waals surface area contributed by atoms with Crippen molar-refractivity contribution in [2.45, 2.75) is 37.3 Å². The minimum atomic E-state index is -5.08. The lowest BCUT2D eigenvalue weighted by Crippen LogP contribution is -2.65. The van der Waals surface area contributed by atoms with E-state index in [9.17, 15) is 30.7 Å². The van der Waals surface area contributed by atoms with Crippen LogP contribution in [0.15, 0.2) is 35.2 Å². The van der Waals surface area contributed by atoms with Crippen LogP contribution in [0, 0.1) is 11.7 Å². The largest absolute Gasteiger partial charge is 0.490 e. The van der Waals surface area contributed by atoms with E-state index in [1.165, 1.54) is 12.4 Å². The number of aliphatic carboxylic acids is 2. The molecule has 0 bridgehead atoms. The van der Waals surface area contributed by atoms with Crippen molar-refractivity contribution in [2.75, 3.05) is 38.2 Å². The molecule has 2 saturated heterocycles. The number of nitrogens with zero attached hydrogens (tertiary/aromatic N) is 4. The van der Waals surface area contributed by atoms with E-state index in [0.29, 0.717) is 11.9 Å². The minimum Gasteiger partial charge on any atom is -0.475 e. The Balaban J connectivity index is 0.000000317. The van der Waals surface area contributed by atoms with Gasteiger partial charge < -0.3 is 24.3 Å². The van der Waals surface area contributed by atoms with Gasteiger partial charge in [0.25, 0.3) is 0 Å². The second kappa shape index (κ2) is 13.1. The molecular weight excluding hydrogens is 549 g/mol. The standard InChI is InChI=1S/C18H23FN4O2.2C2HF3O2/c1-22(10-16-3-2-6-24-16)9-14-4-5-18(25-11-14)12-23(13-18)17-20-7-15(19)8-21-17;2*3-2(4,5)1(6)7/h2-3,6-8,14H,4-5,9-13H2,1H3;2*(H,6,7). The van der Waals surface area contributed by atoms with Gasteiger partial charge in [-0.25, -0.2) is 23.9 Å². The first-order chi connectivity index (χ1) is 18.0. The molecule has 2 aliphatic heterocycles. The maximum Gasteiger partial charge on any atom is 0.490 e. The summed E-state index contributed by atoms with van der Waals surface area (Å²) in [5, 5.41) is 14.2. The van der Waals surface area contributed by atoms with Crippen LogP contribution in [-0.4, -0.2) is 88.3 Å². The molecular formula is C22H25F7N4O6. The molecule has 17 heteroatoms. The number of carboxylic acid groups (broad SMARTS) is 2. The second-order valence-electron chi connectivity index (χ2n) is 8.84. The average Bonchev–Trinajstić information content (AvgIpc) is 3.31. The lowest BCUT2D eigenvalue weighted by atomic mass is 9.83. The molecule has 39 heavy (non-hydrogen) atoms. The van der Waals surface area contributed by atoms with Gasteiger partial charge in [-0.2, -0.15) is 26.3 Å². The molecule has 0 saturated carbocycles. The van der Waals surface area contributed by atoms with E-state index in [1.807, 2.05) is 17.0 Å². The highest BCUT2D eigenvalue weighted by Crippen LogP contribution is 2.37. The van der Waals surface area contributed by atoms with Gasteiger partial charge in [0, 0.05) is 6.54 Å². The summed E-state index contributed by atoms with van der Waals surface area (Å²) in [6, 6.07) is 3.92. The van der Waals surface area contributed by atoms with Crippen molar-refractivity contribution in [1.29, 1.82) is 0 Å². The summed E-state index contributed by atoms with van der Waals surface area (Å²) in [5.74, 6) is -3.81.